The highest BCUT2D eigenvalue weighted by atomic mass is 19.4. The standard InChI is InChI=1S/C25H29F4N7O2/c26-24(3-4-24)18-30-17(32-33-18)15-8-22(9-15)12-36(13-22)20(37)35-10-21(11-35)6-14(7-21)5-16-31-34-19(38-16)23(1-2-23)25(27,28)29/h14-15H,1-13H2,(H,30,32,33). The summed E-state index contributed by atoms with van der Waals surface area (Å²) in [7, 11) is 0. The number of urea groups is 1. The van der Waals surface area contributed by atoms with Crippen molar-refractivity contribution in [3.05, 3.63) is 23.4 Å². The molecule has 8 rings (SSSR count). The third-order valence-corrected chi connectivity index (χ3v) is 10.1. The van der Waals surface area contributed by atoms with Crippen molar-refractivity contribution < 1.29 is 26.8 Å². The minimum atomic E-state index is -4.35. The van der Waals surface area contributed by atoms with Gasteiger partial charge >= 0.3 is 12.2 Å². The molecule has 6 aliphatic rings. The number of nitrogens with one attached hydrogen (secondary N) is 1. The Bertz CT molecular complexity index is 1280. The Balaban J connectivity index is 0.780. The number of hydrogen-bond donors (Lipinski definition) is 1. The zero-order chi connectivity index (χ0) is 26.1. The van der Waals surface area contributed by atoms with Gasteiger partial charge in [-0.1, -0.05) is 0 Å². The number of likely N-dealkylation sites (tertiary alicyclic amines) is 2. The zero-order valence-electron chi connectivity index (χ0n) is 20.9. The molecule has 0 unspecified atom stereocenters. The van der Waals surface area contributed by atoms with Gasteiger partial charge in [-0.3, -0.25) is 5.10 Å². The smallest absolute Gasteiger partial charge is 0.403 e. The normalized spacial score (nSPS) is 28.0. The second-order valence-corrected chi connectivity index (χ2v) is 13.2. The fourth-order valence-electron chi connectivity index (χ4n) is 7.51. The van der Waals surface area contributed by atoms with Crippen LogP contribution in [0.2, 0.25) is 0 Å². The molecule has 6 fully saturated rings. The van der Waals surface area contributed by atoms with Gasteiger partial charge in [-0.2, -0.15) is 18.3 Å². The molecule has 2 spiro atoms. The van der Waals surface area contributed by atoms with Crippen molar-refractivity contribution >= 4 is 6.03 Å². The SMILES string of the molecule is O=C(N1CC2(CC(Cc3nnc(C4(C(F)(F)F)CC4)o3)C2)C1)N1CC2(CC(c3nc(C4(F)CC4)n[nH]3)C2)C1. The van der Waals surface area contributed by atoms with Crippen LogP contribution in [0.5, 0.6) is 0 Å². The summed E-state index contributed by atoms with van der Waals surface area (Å²) < 4.78 is 59.4. The number of amides is 2. The first kappa shape index (κ1) is 23.2. The maximum atomic E-state index is 14.2. The van der Waals surface area contributed by atoms with E-state index < -0.39 is 17.3 Å². The number of carbonyl (C=O) groups is 1. The fraction of sp³-hybridized carbons (Fsp3) is 0.800. The van der Waals surface area contributed by atoms with Gasteiger partial charge in [-0.25, -0.2) is 14.2 Å². The molecule has 2 aromatic heterocycles. The molecule has 38 heavy (non-hydrogen) atoms. The first-order valence-electron chi connectivity index (χ1n) is 13.5. The summed E-state index contributed by atoms with van der Waals surface area (Å²) in [6.07, 6.45) is 0.883. The van der Waals surface area contributed by atoms with Gasteiger partial charge in [0, 0.05) is 49.3 Å². The van der Waals surface area contributed by atoms with Gasteiger partial charge in [0.15, 0.2) is 11.5 Å². The lowest BCUT2D eigenvalue weighted by Gasteiger charge is -2.63. The molecule has 4 aliphatic carbocycles. The second-order valence-electron chi connectivity index (χ2n) is 13.2. The summed E-state index contributed by atoms with van der Waals surface area (Å²) in [5.74, 6) is 1.60. The Morgan fingerprint density at radius 1 is 0.974 bits per heavy atom. The molecule has 13 heteroatoms. The number of aromatic nitrogens is 5. The summed E-state index contributed by atoms with van der Waals surface area (Å²) in [6.45, 7) is 2.96. The van der Waals surface area contributed by atoms with Crippen molar-refractivity contribution in [3.63, 3.8) is 0 Å². The second kappa shape index (κ2) is 7.07. The predicted octanol–water partition coefficient (Wildman–Crippen LogP) is 3.99. The van der Waals surface area contributed by atoms with Gasteiger partial charge in [0.2, 0.25) is 11.8 Å². The van der Waals surface area contributed by atoms with E-state index in [4.69, 9.17) is 4.42 Å². The predicted molar refractivity (Wildman–Crippen MR) is 121 cm³/mol. The Morgan fingerprint density at radius 2 is 1.61 bits per heavy atom. The number of rotatable bonds is 5. The average molecular weight is 536 g/mol. The van der Waals surface area contributed by atoms with Crippen LogP contribution >= 0.6 is 0 Å². The molecule has 0 aromatic carbocycles. The quantitative estimate of drug-likeness (QED) is 0.581. The maximum Gasteiger partial charge on any atom is 0.403 e. The summed E-state index contributed by atoms with van der Waals surface area (Å²) in [4.78, 5) is 21.2. The van der Waals surface area contributed by atoms with E-state index in [-0.39, 0.29) is 47.4 Å². The Hall–Kier alpha value is -2.73. The molecule has 1 N–H and O–H groups in total. The number of carbonyl (C=O) groups excluding carboxylic acids is 1. The largest absolute Gasteiger partial charge is 0.424 e. The van der Waals surface area contributed by atoms with Gasteiger partial charge in [0.1, 0.15) is 11.2 Å². The van der Waals surface area contributed by atoms with E-state index in [0.717, 1.165) is 57.7 Å². The summed E-state index contributed by atoms with van der Waals surface area (Å²) in [5, 5.41) is 14.6. The third kappa shape index (κ3) is 3.31. The fourth-order valence-corrected chi connectivity index (χ4v) is 7.51. The van der Waals surface area contributed by atoms with Crippen molar-refractivity contribution in [1.29, 1.82) is 0 Å². The van der Waals surface area contributed by atoms with E-state index in [1.165, 1.54) is 0 Å². The van der Waals surface area contributed by atoms with Crippen LogP contribution in [0.1, 0.15) is 80.7 Å². The molecule has 4 saturated carbocycles. The molecule has 0 bridgehead atoms. The minimum absolute atomic E-state index is 0.0105. The van der Waals surface area contributed by atoms with Crippen molar-refractivity contribution in [2.45, 2.75) is 81.0 Å². The first-order valence-corrected chi connectivity index (χ1v) is 13.5. The van der Waals surface area contributed by atoms with Gasteiger partial charge in [0.25, 0.3) is 0 Å². The number of aromatic amines is 1. The molecule has 2 saturated heterocycles. The highest BCUT2D eigenvalue weighted by Crippen LogP contribution is 2.59. The topological polar surface area (TPSA) is 104 Å². The number of alkyl halides is 4. The Labute approximate surface area is 215 Å². The third-order valence-electron chi connectivity index (χ3n) is 10.1. The van der Waals surface area contributed by atoms with Crippen molar-refractivity contribution in [1.82, 2.24) is 35.2 Å². The molecular weight excluding hydrogens is 506 g/mol. The number of H-pyrrole nitrogens is 1. The van der Waals surface area contributed by atoms with E-state index in [2.05, 4.69) is 25.4 Å². The van der Waals surface area contributed by atoms with Crippen molar-refractivity contribution in [3.8, 4) is 0 Å². The molecule has 2 amide bonds. The monoisotopic (exact) mass is 535 g/mol. The van der Waals surface area contributed by atoms with E-state index in [9.17, 15) is 22.4 Å². The van der Waals surface area contributed by atoms with Crippen LogP contribution in [0.3, 0.4) is 0 Å². The lowest BCUT2D eigenvalue weighted by atomic mass is 9.56. The van der Waals surface area contributed by atoms with Gasteiger partial charge in [-0.15, -0.1) is 10.2 Å². The van der Waals surface area contributed by atoms with E-state index >= 15 is 0 Å². The lowest BCUT2D eigenvalue weighted by molar-refractivity contribution is -0.165. The highest BCUT2D eigenvalue weighted by Gasteiger charge is 2.68. The number of halogens is 4. The molecule has 9 nitrogen and oxygen atoms in total. The first-order chi connectivity index (χ1) is 18.0. The Morgan fingerprint density at radius 3 is 2.18 bits per heavy atom. The summed E-state index contributed by atoms with van der Waals surface area (Å²) >= 11 is 0. The van der Waals surface area contributed by atoms with Gasteiger partial charge in [0.05, 0.1) is 0 Å². The zero-order valence-corrected chi connectivity index (χ0v) is 20.9. The van der Waals surface area contributed by atoms with Gasteiger partial charge in [-0.05, 0) is 57.3 Å². The molecule has 0 radical (unpaired) electrons. The number of hydrogen-bond acceptors (Lipinski definition) is 6. The molecule has 0 atom stereocenters. The van der Waals surface area contributed by atoms with Crippen LogP contribution in [-0.4, -0.2) is 73.6 Å². The van der Waals surface area contributed by atoms with Crippen LogP contribution in [0, 0.1) is 16.7 Å². The lowest BCUT2D eigenvalue weighted by Crippen LogP contribution is -2.70. The van der Waals surface area contributed by atoms with Crippen LogP contribution < -0.4 is 0 Å². The van der Waals surface area contributed by atoms with Crippen molar-refractivity contribution in [2.24, 2.45) is 16.7 Å². The van der Waals surface area contributed by atoms with E-state index in [1.807, 2.05) is 9.80 Å². The molecule has 2 aromatic rings. The number of nitrogens with zero attached hydrogens (tertiary/aromatic N) is 6. The minimum Gasteiger partial charge on any atom is -0.424 e. The van der Waals surface area contributed by atoms with Crippen LogP contribution in [0.15, 0.2) is 4.42 Å². The maximum absolute atomic E-state index is 14.2. The highest BCUT2D eigenvalue weighted by molar-refractivity contribution is 5.77. The molecule has 2 aliphatic heterocycles. The van der Waals surface area contributed by atoms with Crippen LogP contribution in [0.25, 0.3) is 0 Å². The van der Waals surface area contributed by atoms with E-state index in [0.29, 0.717) is 31.0 Å². The van der Waals surface area contributed by atoms with Crippen LogP contribution in [-0.2, 0) is 17.5 Å². The summed E-state index contributed by atoms with van der Waals surface area (Å²) in [6, 6.07) is 0.0895. The summed E-state index contributed by atoms with van der Waals surface area (Å²) in [5.41, 5.74) is -2.98. The van der Waals surface area contributed by atoms with Gasteiger partial charge < -0.3 is 14.2 Å². The average Bonchev–Trinajstić information content (AvgIpc) is 3.61. The molecular formula is C25H29F4N7O2. The molecule has 4 heterocycles. The van der Waals surface area contributed by atoms with Crippen LogP contribution in [0.4, 0.5) is 22.4 Å². The Kier molecular flexibility index (Phi) is 4.31. The van der Waals surface area contributed by atoms with E-state index in [1.54, 1.807) is 0 Å². The molecule has 204 valence electrons. The van der Waals surface area contributed by atoms with Crippen molar-refractivity contribution in [2.75, 3.05) is 26.2 Å².